The Labute approximate surface area is 196 Å². The minimum Gasteiger partial charge on any atom is -0.481 e. The van der Waals surface area contributed by atoms with Gasteiger partial charge in [0.25, 0.3) is 5.91 Å². The van der Waals surface area contributed by atoms with Gasteiger partial charge in [-0.2, -0.15) is 0 Å². The molecule has 174 valence electrons. The Hall–Kier alpha value is -1.92. The number of fused-ring (bicyclic) bond motifs is 1. The second-order valence-electron chi connectivity index (χ2n) is 9.84. The van der Waals surface area contributed by atoms with E-state index in [2.05, 4.69) is 43.9 Å². The molecule has 0 unspecified atom stereocenters. The van der Waals surface area contributed by atoms with Gasteiger partial charge in [0.15, 0.2) is 0 Å². The molecule has 2 aliphatic rings. The molecule has 0 bridgehead atoms. The molecule has 1 fully saturated rings. The van der Waals surface area contributed by atoms with Crippen molar-refractivity contribution in [3.8, 4) is 5.88 Å². The minimum atomic E-state index is 0.171. The van der Waals surface area contributed by atoms with Crippen molar-refractivity contribution < 1.29 is 9.53 Å². The lowest BCUT2D eigenvalue weighted by molar-refractivity contribution is 0.0726. The fourth-order valence-corrected chi connectivity index (χ4v) is 6.84. The number of carbonyl (C=O) groups is 1. The third kappa shape index (κ3) is 4.58. The van der Waals surface area contributed by atoms with E-state index < -0.39 is 0 Å². The van der Waals surface area contributed by atoms with E-state index in [4.69, 9.17) is 4.74 Å². The lowest BCUT2D eigenvalue weighted by Crippen LogP contribution is -2.37. The van der Waals surface area contributed by atoms with Crippen LogP contribution in [0.5, 0.6) is 5.88 Å². The number of carbonyl (C=O) groups excluding carboxylic acids is 1. The van der Waals surface area contributed by atoms with Gasteiger partial charge in [0.2, 0.25) is 5.88 Å². The number of hydrogen-bond acceptors (Lipinski definition) is 5. The zero-order chi connectivity index (χ0) is 23.0. The second kappa shape index (κ2) is 9.52. The van der Waals surface area contributed by atoms with Gasteiger partial charge in [0.1, 0.15) is 0 Å². The summed E-state index contributed by atoms with van der Waals surface area (Å²) >= 11 is 1.89. The summed E-state index contributed by atoms with van der Waals surface area (Å²) in [6, 6.07) is 2.80. The highest BCUT2D eigenvalue weighted by Crippen LogP contribution is 2.38. The molecular formula is C26H37N3O2S. The van der Waals surface area contributed by atoms with Gasteiger partial charge in [0, 0.05) is 40.0 Å². The Morgan fingerprint density at radius 1 is 1.19 bits per heavy atom. The van der Waals surface area contributed by atoms with Crippen LogP contribution in [0.1, 0.15) is 68.2 Å². The minimum absolute atomic E-state index is 0.171. The van der Waals surface area contributed by atoms with Crippen LogP contribution in [0.2, 0.25) is 0 Å². The average Bonchev–Trinajstić information content (AvgIpc) is 3.07. The summed E-state index contributed by atoms with van der Waals surface area (Å²) < 4.78 is 5.54. The highest BCUT2D eigenvalue weighted by atomic mass is 32.1. The number of hydrogen-bond donors (Lipinski definition) is 0. The van der Waals surface area contributed by atoms with Gasteiger partial charge in [-0.05, 0) is 90.1 Å². The van der Waals surface area contributed by atoms with Crippen LogP contribution < -0.4 is 4.74 Å². The molecule has 0 saturated heterocycles. The van der Waals surface area contributed by atoms with Crippen LogP contribution in [0, 0.1) is 26.7 Å². The number of ether oxygens (including phenoxy) is 1. The molecule has 5 nitrogen and oxygen atoms in total. The summed E-state index contributed by atoms with van der Waals surface area (Å²) in [6.45, 7) is 7.53. The standard InChI is InChI=1S/C26H37N3O2S/c1-16-13-17(2)27-25(31-6)21(16)15-29-12-11-22-24(26(29)30)18(3)23(32-22)14-19-7-9-20(10-8-19)28(4)5/h13,19-20H,7-12,14-15H2,1-6H3. The van der Waals surface area contributed by atoms with Crippen LogP contribution in [0.25, 0.3) is 0 Å². The van der Waals surface area contributed by atoms with Crippen LogP contribution in [0.3, 0.4) is 0 Å². The molecule has 32 heavy (non-hydrogen) atoms. The zero-order valence-corrected chi connectivity index (χ0v) is 21.3. The van der Waals surface area contributed by atoms with Gasteiger partial charge in [-0.3, -0.25) is 4.79 Å². The normalized spacial score (nSPS) is 21.2. The first-order chi connectivity index (χ1) is 15.3. The van der Waals surface area contributed by atoms with E-state index in [9.17, 15) is 4.79 Å². The summed E-state index contributed by atoms with van der Waals surface area (Å²) in [7, 11) is 6.05. The third-order valence-electron chi connectivity index (χ3n) is 7.43. The molecule has 2 aromatic heterocycles. The van der Waals surface area contributed by atoms with E-state index in [1.807, 2.05) is 23.2 Å². The third-order valence-corrected chi connectivity index (χ3v) is 8.80. The molecule has 3 heterocycles. The first kappa shape index (κ1) is 23.2. The topological polar surface area (TPSA) is 45.7 Å². The quantitative estimate of drug-likeness (QED) is 0.619. The lowest BCUT2D eigenvalue weighted by Gasteiger charge is -2.32. The van der Waals surface area contributed by atoms with Gasteiger partial charge in [0.05, 0.1) is 19.2 Å². The number of thiophene rings is 1. The van der Waals surface area contributed by atoms with Crippen molar-refractivity contribution in [2.24, 2.45) is 5.92 Å². The van der Waals surface area contributed by atoms with Gasteiger partial charge in [-0.25, -0.2) is 4.98 Å². The molecule has 1 aliphatic heterocycles. The van der Waals surface area contributed by atoms with Crippen LogP contribution >= 0.6 is 11.3 Å². The van der Waals surface area contributed by atoms with E-state index in [1.54, 1.807) is 7.11 Å². The number of aromatic nitrogens is 1. The highest BCUT2D eigenvalue weighted by Gasteiger charge is 2.32. The number of rotatable bonds is 6. The van der Waals surface area contributed by atoms with Crippen LogP contribution in [0.4, 0.5) is 0 Å². The fraction of sp³-hybridized carbons (Fsp3) is 0.615. The fourth-order valence-electron chi connectivity index (χ4n) is 5.43. The Morgan fingerprint density at radius 2 is 1.91 bits per heavy atom. The monoisotopic (exact) mass is 455 g/mol. The van der Waals surface area contributed by atoms with Gasteiger partial charge in [-0.1, -0.05) is 0 Å². The van der Waals surface area contributed by atoms with Crippen molar-refractivity contribution in [3.05, 3.63) is 43.8 Å². The molecule has 6 heteroatoms. The second-order valence-corrected chi connectivity index (χ2v) is 11.0. The van der Waals surface area contributed by atoms with E-state index in [-0.39, 0.29) is 5.91 Å². The molecule has 1 saturated carbocycles. The molecule has 1 amide bonds. The Kier molecular flexibility index (Phi) is 6.91. The van der Waals surface area contributed by atoms with Crippen molar-refractivity contribution >= 4 is 17.2 Å². The maximum absolute atomic E-state index is 13.5. The van der Waals surface area contributed by atoms with E-state index in [1.165, 1.54) is 41.0 Å². The summed E-state index contributed by atoms with van der Waals surface area (Å²) in [6.07, 6.45) is 7.25. The largest absolute Gasteiger partial charge is 0.481 e. The molecule has 0 spiro atoms. The summed E-state index contributed by atoms with van der Waals surface area (Å²) in [5.41, 5.74) is 5.27. The first-order valence-corrected chi connectivity index (χ1v) is 12.7. The summed E-state index contributed by atoms with van der Waals surface area (Å²) in [5.74, 6) is 1.56. The van der Waals surface area contributed by atoms with Crippen molar-refractivity contribution in [1.82, 2.24) is 14.8 Å². The van der Waals surface area contributed by atoms with E-state index in [0.29, 0.717) is 12.4 Å². The maximum atomic E-state index is 13.5. The molecule has 0 radical (unpaired) electrons. The van der Waals surface area contributed by atoms with Crippen molar-refractivity contribution in [1.29, 1.82) is 0 Å². The van der Waals surface area contributed by atoms with Gasteiger partial charge < -0.3 is 14.5 Å². The van der Waals surface area contributed by atoms with E-state index in [0.717, 1.165) is 53.7 Å². The van der Waals surface area contributed by atoms with Gasteiger partial charge >= 0.3 is 0 Å². The number of nitrogens with zero attached hydrogens (tertiary/aromatic N) is 3. The number of amides is 1. The first-order valence-electron chi connectivity index (χ1n) is 11.9. The maximum Gasteiger partial charge on any atom is 0.255 e. The van der Waals surface area contributed by atoms with Crippen LogP contribution in [-0.4, -0.2) is 54.5 Å². The lowest BCUT2D eigenvalue weighted by atomic mass is 9.83. The molecule has 0 atom stereocenters. The summed E-state index contributed by atoms with van der Waals surface area (Å²) in [4.78, 5) is 25.1. The molecule has 4 rings (SSSR count). The molecule has 1 aliphatic carbocycles. The van der Waals surface area contributed by atoms with Crippen molar-refractivity contribution in [2.75, 3.05) is 27.7 Å². The molecular weight excluding hydrogens is 418 g/mol. The smallest absolute Gasteiger partial charge is 0.255 e. The number of pyridine rings is 1. The predicted molar refractivity (Wildman–Crippen MR) is 131 cm³/mol. The van der Waals surface area contributed by atoms with Crippen LogP contribution in [-0.2, 0) is 19.4 Å². The highest BCUT2D eigenvalue weighted by molar-refractivity contribution is 7.12. The SMILES string of the molecule is COc1nc(C)cc(C)c1CN1CCc2sc(CC3CCC(N(C)C)CC3)c(C)c2C1=O. The van der Waals surface area contributed by atoms with Crippen molar-refractivity contribution in [3.63, 3.8) is 0 Å². The van der Waals surface area contributed by atoms with Gasteiger partial charge in [-0.15, -0.1) is 11.3 Å². The number of methoxy groups -OCH3 is 1. The van der Waals surface area contributed by atoms with E-state index >= 15 is 0 Å². The Bertz CT molecular complexity index is 989. The zero-order valence-electron chi connectivity index (χ0n) is 20.5. The average molecular weight is 456 g/mol. The molecule has 0 aromatic carbocycles. The van der Waals surface area contributed by atoms with Crippen LogP contribution in [0.15, 0.2) is 6.07 Å². The molecule has 0 N–H and O–H groups in total. The number of aryl methyl sites for hydroxylation is 2. The Balaban J connectivity index is 1.49. The Morgan fingerprint density at radius 3 is 2.56 bits per heavy atom. The molecule has 2 aromatic rings. The summed E-state index contributed by atoms with van der Waals surface area (Å²) in [5, 5.41) is 0. The predicted octanol–water partition coefficient (Wildman–Crippen LogP) is 4.94. The van der Waals surface area contributed by atoms with Crippen molar-refractivity contribution in [2.45, 2.75) is 71.9 Å².